The summed E-state index contributed by atoms with van der Waals surface area (Å²) in [5.74, 6) is -0.531. The van der Waals surface area contributed by atoms with Gasteiger partial charge in [-0.2, -0.15) is 13.2 Å². The number of benzene rings is 2. The van der Waals surface area contributed by atoms with Gasteiger partial charge in [-0.25, -0.2) is 0 Å². The fraction of sp³-hybridized carbons (Fsp3) is 0.143. The molecule has 0 radical (unpaired) electrons. The SMILES string of the molecule is Oc1ccc(CNc2cc(C(F)(F)F)ccc2Br)cc1O. The van der Waals surface area contributed by atoms with Gasteiger partial charge in [0.2, 0.25) is 0 Å². The number of halogens is 4. The third kappa shape index (κ3) is 3.81. The van der Waals surface area contributed by atoms with E-state index in [4.69, 9.17) is 0 Å². The van der Waals surface area contributed by atoms with Crippen molar-refractivity contribution in [3.63, 3.8) is 0 Å². The van der Waals surface area contributed by atoms with Crippen molar-refractivity contribution in [2.24, 2.45) is 0 Å². The lowest BCUT2D eigenvalue weighted by atomic mass is 10.1. The highest BCUT2D eigenvalue weighted by Gasteiger charge is 2.30. The van der Waals surface area contributed by atoms with Gasteiger partial charge in [0.1, 0.15) is 0 Å². The molecule has 0 amide bonds. The number of nitrogens with one attached hydrogen (secondary N) is 1. The van der Waals surface area contributed by atoms with Gasteiger partial charge in [0, 0.05) is 16.7 Å². The molecule has 2 rings (SSSR count). The zero-order valence-electron chi connectivity index (χ0n) is 10.6. The van der Waals surface area contributed by atoms with Crippen LogP contribution in [0.4, 0.5) is 18.9 Å². The molecule has 0 aliphatic heterocycles. The molecule has 0 saturated heterocycles. The number of aromatic hydroxyl groups is 2. The molecule has 3 nitrogen and oxygen atoms in total. The van der Waals surface area contributed by atoms with Crippen molar-refractivity contribution in [3.8, 4) is 11.5 Å². The van der Waals surface area contributed by atoms with E-state index in [0.29, 0.717) is 10.0 Å². The molecule has 0 fully saturated rings. The van der Waals surface area contributed by atoms with E-state index in [1.165, 1.54) is 18.2 Å². The first-order valence-corrected chi connectivity index (χ1v) is 6.68. The van der Waals surface area contributed by atoms with Gasteiger partial charge in [-0.15, -0.1) is 0 Å². The molecule has 2 aromatic carbocycles. The molecule has 0 unspecified atom stereocenters. The number of hydrogen-bond acceptors (Lipinski definition) is 3. The summed E-state index contributed by atoms with van der Waals surface area (Å²) in [6.45, 7) is 0.202. The maximum absolute atomic E-state index is 12.7. The van der Waals surface area contributed by atoms with E-state index >= 15 is 0 Å². The van der Waals surface area contributed by atoms with E-state index < -0.39 is 11.7 Å². The summed E-state index contributed by atoms with van der Waals surface area (Å²) in [6.07, 6.45) is -4.41. The summed E-state index contributed by atoms with van der Waals surface area (Å²) < 4.78 is 38.5. The Bertz CT molecular complexity index is 659. The average molecular weight is 362 g/mol. The van der Waals surface area contributed by atoms with E-state index in [2.05, 4.69) is 21.2 Å². The van der Waals surface area contributed by atoms with Crippen molar-refractivity contribution in [1.82, 2.24) is 0 Å². The number of hydrogen-bond donors (Lipinski definition) is 3. The van der Waals surface area contributed by atoms with Crippen LogP contribution in [0.3, 0.4) is 0 Å². The number of phenolic OH excluding ortho intramolecular Hbond substituents is 2. The maximum Gasteiger partial charge on any atom is 0.416 e. The molecule has 112 valence electrons. The summed E-state index contributed by atoms with van der Waals surface area (Å²) in [4.78, 5) is 0. The predicted octanol–water partition coefficient (Wildman–Crippen LogP) is 4.49. The molecule has 0 atom stereocenters. The Balaban J connectivity index is 2.17. The van der Waals surface area contributed by atoms with Crippen LogP contribution >= 0.6 is 15.9 Å². The Morgan fingerprint density at radius 3 is 2.33 bits per heavy atom. The highest BCUT2D eigenvalue weighted by Crippen LogP contribution is 2.34. The van der Waals surface area contributed by atoms with Crippen LogP contribution in [0.1, 0.15) is 11.1 Å². The minimum atomic E-state index is -4.41. The number of rotatable bonds is 3. The van der Waals surface area contributed by atoms with Crippen LogP contribution in [0.25, 0.3) is 0 Å². The monoisotopic (exact) mass is 361 g/mol. The summed E-state index contributed by atoms with van der Waals surface area (Å²) in [7, 11) is 0. The number of alkyl halides is 3. The van der Waals surface area contributed by atoms with E-state index in [1.807, 2.05) is 0 Å². The zero-order valence-corrected chi connectivity index (χ0v) is 12.2. The normalized spacial score (nSPS) is 11.4. The molecule has 0 heterocycles. The van der Waals surface area contributed by atoms with Crippen molar-refractivity contribution in [2.45, 2.75) is 12.7 Å². The van der Waals surface area contributed by atoms with Gasteiger partial charge in [-0.1, -0.05) is 6.07 Å². The van der Waals surface area contributed by atoms with Crippen molar-refractivity contribution in [2.75, 3.05) is 5.32 Å². The number of anilines is 1. The van der Waals surface area contributed by atoms with Crippen LogP contribution in [-0.2, 0) is 12.7 Å². The quantitative estimate of drug-likeness (QED) is 0.706. The molecule has 0 aliphatic carbocycles. The lowest BCUT2D eigenvalue weighted by Crippen LogP contribution is -2.07. The van der Waals surface area contributed by atoms with Gasteiger partial charge in [-0.3, -0.25) is 0 Å². The molecule has 2 aromatic rings. The van der Waals surface area contributed by atoms with Gasteiger partial charge >= 0.3 is 6.18 Å². The molecule has 3 N–H and O–H groups in total. The minimum absolute atomic E-state index is 0.202. The standard InChI is InChI=1S/C14H11BrF3NO2/c15-10-3-2-9(14(16,17)18)6-11(10)19-7-8-1-4-12(20)13(21)5-8/h1-6,19-21H,7H2. The maximum atomic E-state index is 12.7. The lowest BCUT2D eigenvalue weighted by molar-refractivity contribution is -0.137. The first kappa shape index (κ1) is 15.5. The average Bonchev–Trinajstić information content (AvgIpc) is 2.40. The molecule has 7 heteroatoms. The van der Waals surface area contributed by atoms with E-state index in [0.717, 1.165) is 12.1 Å². The van der Waals surface area contributed by atoms with Crippen LogP contribution in [-0.4, -0.2) is 10.2 Å². The van der Waals surface area contributed by atoms with E-state index in [-0.39, 0.29) is 23.7 Å². The molecule has 0 aliphatic rings. The van der Waals surface area contributed by atoms with E-state index in [1.54, 1.807) is 6.07 Å². The molecular formula is C14H11BrF3NO2. The summed E-state index contributed by atoms with van der Waals surface area (Å²) in [5, 5.41) is 21.4. The second-order valence-corrected chi connectivity index (χ2v) is 5.22. The largest absolute Gasteiger partial charge is 0.504 e. The van der Waals surface area contributed by atoms with Gasteiger partial charge in [0.05, 0.1) is 5.56 Å². The van der Waals surface area contributed by atoms with Crippen LogP contribution in [0.5, 0.6) is 11.5 Å². The third-order valence-electron chi connectivity index (χ3n) is 2.82. The predicted molar refractivity (Wildman–Crippen MR) is 76.2 cm³/mol. The summed E-state index contributed by atoms with van der Waals surface area (Å²) >= 11 is 3.18. The first-order chi connectivity index (χ1) is 9.77. The highest BCUT2D eigenvalue weighted by atomic mass is 79.9. The Hall–Kier alpha value is -1.89. The molecule has 0 spiro atoms. The topological polar surface area (TPSA) is 52.5 Å². The molecule has 0 aromatic heterocycles. The van der Waals surface area contributed by atoms with Crippen molar-refractivity contribution >= 4 is 21.6 Å². The van der Waals surface area contributed by atoms with Crippen LogP contribution in [0, 0.1) is 0 Å². The fourth-order valence-corrected chi connectivity index (χ4v) is 2.10. The molecule has 0 bridgehead atoms. The lowest BCUT2D eigenvalue weighted by Gasteiger charge is -2.13. The van der Waals surface area contributed by atoms with Crippen molar-refractivity contribution < 1.29 is 23.4 Å². The van der Waals surface area contributed by atoms with Crippen LogP contribution < -0.4 is 5.32 Å². The summed E-state index contributed by atoms with van der Waals surface area (Å²) in [5.41, 5.74) is 0.161. The van der Waals surface area contributed by atoms with Gasteiger partial charge in [0.15, 0.2) is 11.5 Å². The summed E-state index contributed by atoms with van der Waals surface area (Å²) in [6, 6.07) is 7.52. The van der Waals surface area contributed by atoms with E-state index in [9.17, 15) is 23.4 Å². The Kier molecular flexibility index (Phi) is 4.32. The second-order valence-electron chi connectivity index (χ2n) is 4.37. The fourth-order valence-electron chi connectivity index (χ4n) is 1.71. The smallest absolute Gasteiger partial charge is 0.416 e. The van der Waals surface area contributed by atoms with Crippen molar-refractivity contribution in [1.29, 1.82) is 0 Å². The Labute approximate surface area is 127 Å². The Morgan fingerprint density at radius 1 is 1.00 bits per heavy atom. The highest BCUT2D eigenvalue weighted by molar-refractivity contribution is 9.10. The van der Waals surface area contributed by atoms with Gasteiger partial charge in [-0.05, 0) is 51.8 Å². The minimum Gasteiger partial charge on any atom is -0.504 e. The zero-order chi connectivity index (χ0) is 15.6. The number of phenols is 2. The van der Waals surface area contributed by atoms with Crippen LogP contribution in [0.15, 0.2) is 40.9 Å². The Morgan fingerprint density at radius 2 is 1.71 bits per heavy atom. The molecular weight excluding hydrogens is 351 g/mol. The second kappa shape index (κ2) is 5.85. The van der Waals surface area contributed by atoms with Gasteiger partial charge < -0.3 is 15.5 Å². The van der Waals surface area contributed by atoms with Crippen molar-refractivity contribution in [3.05, 3.63) is 52.0 Å². The molecule has 0 saturated carbocycles. The first-order valence-electron chi connectivity index (χ1n) is 5.89. The third-order valence-corrected chi connectivity index (χ3v) is 3.51. The van der Waals surface area contributed by atoms with Gasteiger partial charge in [0.25, 0.3) is 0 Å². The molecule has 21 heavy (non-hydrogen) atoms. The van der Waals surface area contributed by atoms with Crippen LogP contribution in [0.2, 0.25) is 0 Å².